The van der Waals surface area contributed by atoms with E-state index in [4.69, 9.17) is 11.6 Å². The van der Waals surface area contributed by atoms with Gasteiger partial charge in [-0.15, -0.1) is 11.3 Å². The van der Waals surface area contributed by atoms with Gasteiger partial charge in [-0.1, -0.05) is 11.6 Å². The van der Waals surface area contributed by atoms with E-state index >= 15 is 0 Å². The third-order valence-electron chi connectivity index (χ3n) is 4.25. The number of aromatic nitrogens is 2. The molecule has 0 saturated carbocycles. The normalized spacial score (nSPS) is 10.6. The number of thiazole rings is 1. The van der Waals surface area contributed by atoms with Crippen molar-refractivity contribution < 1.29 is 28.6 Å². The SMILES string of the molecule is CCn1cc(NC(=O)CCc2sc(-c3cc(F)c(O)cc3F)nc2Cl)c(C(=O)O)c1.[K]. The summed E-state index contributed by atoms with van der Waals surface area (Å²) in [5, 5.41) is 21.2. The van der Waals surface area contributed by atoms with Crippen molar-refractivity contribution in [1.82, 2.24) is 9.55 Å². The smallest absolute Gasteiger partial charge is 0.339 e. The predicted molar refractivity (Wildman–Crippen MR) is 114 cm³/mol. The largest absolute Gasteiger partial charge is 0.505 e. The van der Waals surface area contributed by atoms with Crippen LogP contribution in [-0.4, -0.2) is 83.0 Å². The van der Waals surface area contributed by atoms with Crippen molar-refractivity contribution in [3.63, 3.8) is 0 Å². The number of carbonyl (C=O) groups is 2. The van der Waals surface area contributed by atoms with Gasteiger partial charge in [-0.25, -0.2) is 18.6 Å². The van der Waals surface area contributed by atoms with Crippen LogP contribution < -0.4 is 5.32 Å². The van der Waals surface area contributed by atoms with Crippen LogP contribution in [0.5, 0.6) is 5.75 Å². The number of rotatable bonds is 7. The average Bonchev–Trinajstić information content (AvgIpc) is 3.26. The average molecular weight is 495 g/mol. The number of halogens is 3. The van der Waals surface area contributed by atoms with Crippen molar-refractivity contribution >= 4 is 91.9 Å². The van der Waals surface area contributed by atoms with Gasteiger partial charge in [0, 0.05) is 93.3 Å². The summed E-state index contributed by atoms with van der Waals surface area (Å²) in [6, 6.07) is 1.47. The molecule has 159 valence electrons. The van der Waals surface area contributed by atoms with E-state index in [-0.39, 0.29) is 91.2 Å². The number of phenolic OH excluding ortho intramolecular Hbond substituents is 1. The molecular weight excluding hydrogens is 479 g/mol. The number of carbonyl (C=O) groups excluding carboxylic acids is 1. The summed E-state index contributed by atoms with van der Waals surface area (Å²) in [4.78, 5) is 28.1. The molecule has 7 nitrogen and oxygen atoms in total. The fourth-order valence-electron chi connectivity index (χ4n) is 2.70. The fraction of sp³-hybridized carbons (Fsp3) is 0.211. The van der Waals surface area contributed by atoms with Crippen LogP contribution in [0.4, 0.5) is 14.5 Å². The van der Waals surface area contributed by atoms with Crippen molar-refractivity contribution in [2.24, 2.45) is 0 Å². The summed E-state index contributed by atoms with van der Waals surface area (Å²) < 4.78 is 29.2. The van der Waals surface area contributed by atoms with Crippen LogP contribution in [0.15, 0.2) is 24.5 Å². The van der Waals surface area contributed by atoms with Gasteiger partial charge in [0.25, 0.3) is 0 Å². The standard InChI is InChI=1S/C19H16ClF2N3O4S.K/c1-2-25-7-10(19(28)29)13(8-25)23-16(27)4-3-15-17(20)24-18(30-15)9-5-12(22)14(26)6-11(9)21;/h5-8,26H,2-4H2,1H3,(H,23,27)(H,28,29);. The van der Waals surface area contributed by atoms with Gasteiger partial charge in [0.15, 0.2) is 11.6 Å². The Hall–Kier alpha value is -1.34. The predicted octanol–water partition coefficient (Wildman–Crippen LogP) is 4.16. The van der Waals surface area contributed by atoms with Gasteiger partial charge in [-0.2, -0.15) is 0 Å². The molecule has 12 heteroatoms. The Kier molecular flexibility index (Phi) is 9.19. The minimum Gasteiger partial charge on any atom is -0.505 e. The van der Waals surface area contributed by atoms with Gasteiger partial charge >= 0.3 is 5.97 Å². The molecule has 0 saturated heterocycles. The Balaban J connectivity index is 0.00000341. The number of aryl methyl sites for hydroxylation is 2. The van der Waals surface area contributed by atoms with Crippen molar-refractivity contribution in [2.45, 2.75) is 26.3 Å². The molecule has 0 spiro atoms. The maximum Gasteiger partial charge on any atom is 0.339 e. The molecule has 0 aliphatic rings. The van der Waals surface area contributed by atoms with Gasteiger partial charge in [-0.05, 0) is 19.4 Å². The van der Waals surface area contributed by atoms with Gasteiger partial charge < -0.3 is 20.1 Å². The zero-order chi connectivity index (χ0) is 22.0. The molecule has 0 atom stereocenters. The minimum absolute atomic E-state index is 0. The number of benzene rings is 1. The van der Waals surface area contributed by atoms with E-state index in [1.54, 1.807) is 4.57 Å². The quantitative estimate of drug-likeness (QED) is 0.428. The zero-order valence-corrected chi connectivity index (χ0v) is 21.3. The summed E-state index contributed by atoms with van der Waals surface area (Å²) in [5.41, 5.74) is 0.0140. The number of hydrogen-bond donors (Lipinski definition) is 3. The molecule has 3 N–H and O–H groups in total. The molecular formula is C19H16ClF2KN3O4S. The van der Waals surface area contributed by atoms with Crippen LogP contribution in [0.1, 0.15) is 28.6 Å². The van der Waals surface area contributed by atoms with Crippen molar-refractivity contribution in [1.29, 1.82) is 0 Å². The van der Waals surface area contributed by atoms with Gasteiger partial charge in [0.05, 0.1) is 5.69 Å². The van der Waals surface area contributed by atoms with Crippen molar-refractivity contribution in [2.75, 3.05) is 5.32 Å². The van der Waals surface area contributed by atoms with Gasteiger partial charge in [-0.3, -0.25) is 4.79 Å². The first-order valence-electron chi connectivity index (χ1n) is 8.76. The number of carboxylic acid groups (broad SMARTS) is 1. The second-order valence-corrected chi connectivity index (χ2v) is 7.73. The van der Waals surface area contributed by atoms with E-state index < -0.39 is 29.3 Å². The van der Waals surface area contributed by atoms with Crippen LogP contribution in [0.3, 0.4) is 0 Å². The number of phenols is 1. The third kappa shape index (κ3) is 6.13. The summed E-state index contributed by atoms with van der Waals surface area (Å²) in [5.74, 6) is -4.25. The van der Waals surface area contributed by atoms with E-state index in [0.29, 0.717) is 17.5 Å². The number of aromatic hydroxyl groups is 1. The van der Waals surface area contributed by atoms with E-state index in [1.807, 2.05) is 6.92 Å². The molecule has 1 amide bonds. The first-order valence-corrected chi connectivity index (χ1v) is 9.95. The first kappa shape index (κ1) is 25.9. The Morgan fingerprint density at radius 1 is 1.26 bits per heavy atom. The number of amides is 1. The van der Waals surface area contributed by atoms with E-state index in [2.05, 4.69) is 10.3 Å². The molecule has 2 heterocycles. The van der Waals surface area contributed by atoms with Crippen molar-refractivity contribution in [3.05, 3.63) is 51.8 Å². The monoisotopic (exact) mass is 494 g/mol. The molecule has 1 aromatic carbocycles. The van der Waals surface area contributed by atoms with Crippen LogP contribution in [-0.2, 0) is 17.8 Å². The molecule has 2 aromatic heterocycles. The third-order valence-corrected chi connectivity index (χ3v) is 5.82. The zero-order valence-electron chi connectivity index (χ0n) is 16.6. The Morgan fingerprint density at radius 2 is 1.97 bits per heavy atom. The molecule has 31 heavy (non-hydrogen) atoms. The van der Waals surface area contributed by atoms with Crippen LogP contribution >= 0.6 is 22.9 Å². The topological polar surface area (TPSA) is 104 Å². The summed E-state index contributed by atoms with van der Waals surface area (Å²) >= 11 is 7.07. The second-order valence-electron chi connectivity index (χ2n) is 6.29. The summed E-state index contributed by atoms with van der Waals surface area (Å²) in [6.45, 7) is 2.38. The molecule has 0 aliphatic heterocycles. The number of anilines is 1. The van der Waals surface area contributed by atoms with Gasteiger partial charge in [0.1, 0.15) is 21.5 Å². The first-order chi connectivity index (χ1) is 14.2. The summed E-state index contributed by atoms with van der Waals surface area (Å²) in [6.07, 6.45) is 3.10. The maximum atomic E-state index is 14.0. The Bertz CT molecular complexity index is 1140. The molecule has 0 fully saturated rings. The second kappa shape index (κ2) is 11.0. The van der Waals surface area contributed by atoms with E-state index in [0.717, 1.165) is 17.4 Å². The molecule has 1 radical (unpaired) electrons. The van der Waals surface area contributed by atoms with Crippen LogP contribution in [0.25, 0.3) is 10.6 Å². The molecule has 0 aliphatic carbocycles. The number of nitrogens with zero attached hydrogens (tertiary/aromatic N) is 2. The fourth-order valence-corrected chi connectivity index (χ4v) is 4.02. The van der Waals surface area contributed by atoms with Crippen molar-refractivity contribution in [3.8, 4) is 16.3 Å². The molecule has 0 unspecified atom stereocenters. The number of nitrogens with one attached hydrogen (secondary N) is 1. The van der Waals surface area contributed by atoms with E-state index in [1.165, 1.54) is 12.4 Å². The molecule has 3 rings (SSSR count). The van der Waals surface area contributed by atoms with Gasteiger partial charge in [0.2, 0.25) is 5.91 Å². The number of hydrogen-bond acceptors (Lipinski definition) is 5. The van der Waals surface area contributed by atoms with Crippen LogP contribution in [0, 0.1) is 11.6 Å². The summed E-state index contributed by atoms with van der Waals surface area (Å²) in [7, 11) is 0. The minimum atomic E-state index is -1.16. The molecule has 0 bridgehead atoms. The number of aromatic carboxylic acids is 1. The Labute approximate surface area is 227 Å². The molecule has 3 aromatic rings. The van der Waals surface area contributed by atoms with E-state index in [9.17, 15) is 28.6 Å². The van der Waals surface area contributed by atoms with Crippen LogP contribution in [0.2, 0.25) is 5.15 Å². The number of carboxylic acids is 1. The Morgan fingerprint density at radius 3 is 2.61 bits per heavy atom. The maximum absolute atomic E-state index is 14.0.